The van der Waals surface area contributed by atoms with Crippen molar-refractivity contribution >= 4 is 17.6 Å². The predicted octanol–water partition coefficient (Wildman–Crippen LogP) is 3.49. The van der Waals surface area contributed by atoms with Gasteiger partial charge in [0, 0.05) is 50.2 Å². The summed E-state index contributed by atoms with van der Waals surface area (Å²) in [6.07, 6.45) is 5.51. The van der Waals surface area contributed by atoms with Crippen LogP contribution in [0.5, 0.6) is 5.75 Å². The topological polar surface area (TPSA) is 129 Å². The van der Waals surface area contributed by atoms with Gasteiger partial charge in [-0.25, -0.2) is 9.97 Å². The lowest BCUT2D eigenvalue weighted by molar-refractivity contribution is 0.0645. The molecule has 2 saturated heterocycles. The van der Waals surface area contributed by atoms with Crippen molar-refractivity contribution in [3.8, 4) is 11.8 Å². The average Bonchev–Trinajstić information content (AvgIpc) is 3.05. The van der Waals surface area contributed by atoms with E-state index in [1.807, 2.05) is 24.3 Å². The van der Waals surface area contributed by atoms with Crippen molar-refractivity contribution in [2.45, 2.75) is 38.3 Å². The molecule has 1 aromatic heterocycles. The first kappa shape index (κ1) is 28.9. The highest BCUT2D eigenvalue weighted by Gasteiger charge is 2.29. The van der Waals surface area contributed by atoms with Gasteiger partial charge in [-0.05, 0) is 67.6 Å². The third-order valence-electron chi connectivity index (χ3n) is 8.04. The molecule has 2 aliphatic heterocycles. The summed E-state index contributed by atoms with van der Waals surface area (Å²) >= 11 is 0. The van der Waals surface area contributed by atoms with Crippen LogP contribution in [0, 0.1) is 17.2 Å². The fraction of sp³-hybridized carbons (Fsp3) is 0.375. The van der Waals surface area contributed by atoms with E-state index in [0.29, 0.717) is 42.8 Å². The molecule has 5 rings (SSSR count). The molecule has 1 N–H and O–H groups in total. The zero-order valence-corrected chi connectivity index (χ0v) is 23.7. The second kappa shape index (κ2) is 13.4. The van der Waals surface area contributed by atoms with Gasteiger partial charge in [-0.3, -0.25) is 19.3 Å². The fourth-order valence-corrected chi connectivity index (χ4v) is 5.49. The maximum atomic E-state index is 13.0. The van der Waals surface area contributed by atoms with Gasteiger partial charge in [0.15, 0.2) is 5.78 Å². The number of carbonyl (C=O) groups is 3. The Morgan fingerprint density at radius 1 is 0.905 bits per heavy atom. The third-order valence-corrected chi connectivity index (χ3v) is 8.04. The van der Waals surface area contributed by atoms with Crippen molar-refractivity contribution in [3.63, 3.8) is 0 Å². The fourth-order valence-electron chi connectivity index (χ4n) is 5.49. The quantitative estimate of drug-likeness (QED) is 0.411. The molecule has 0 bridgehead atoms. The van der Waals surface area contributed by atoms with Crippen LogP contribution in [0.2, 0.25) is 0 Å². The van der Waals surface area contributed by atoms with Crippen LogP contribution in [-0.4, -0.2) is 76.7 Å². The number of hydrogen-bond donors (Lipinski definition) is 1. The largest absolute Gasteiger partial charge is 0.497 e. The van der Waals surface area contributed by atoms with Gasteiger partial charge >= 0.3 is 0 Å². The molecule has 2 fully saturated rings. The van der Waals surface area contributed by atoms with Gasteiger partial charge in [0.05, 0.1) is 31.1 Å². The summed E-state index contributed by atoms with van der Waals surface area (Å²) < 4.78 is 5.16. The molecule has 3 heterocycles. The highest BCUT2D eigenvalue weighted by atomic mass is 16.5. The molecule has 2 aromatic carbocycles. The minimum atomic E-state index is -0.301. The Hall–Kier alpha value is -4.62. The second-order valence-corrected chi connectivity index (χ2v) is 10.8. The van der Waals surface area contributed by atoms with Crippen LogP contribution in [0.25, 0.3) is 0 Å². The van der Waals surface area contributed by atoms with Crippen molar-refractivity contribution in [1.29, 1.82) is 5.26 Å². The van der Waals surface area contributed by atoms with Gasteiger partial charge < -0.3 is 15.0 Å². The molecule has 0 spiro atoms. The summed E-state index contributed by atoms with van der Waals surface area (Å²) in [7, 11) is 1.59. The zero-order valence-electron chi connectivity index (χ0n) is 23.7. The van der Waals surface area contributed by atoms with Crippen LogP contribution < -0.4 is 10.1 Å². The molecule has 0 unspecified atom stereocenters. The standard InChI is InChI=1S/C32H34N6O4/c1-42-27-8-6-24(7-9-27)30(39)25-10-16-38(17-11-25)32(41)29-20-34-28(19-35-29)31(40)36-26-12-14-37(15-13-26)21-23-4-2-22(18-33)3-5-23/h2-9,19-20,25-26H,10-17,21H2,1H3,(H,36,40). The Kier molecular flexibility index (Phi) is 9.19. The Labute approximate surface area is 245 Å². The maximum absolute atomic E-state index is 13.0. The Morgan fingerprint density at radius 3 is 2.14 bits per heavy atom. The number of methoxy groups -OCH3 is 1. The zero-order chi connectivity index (χ0) is 29.5. The number of ether oxygens (including phenoxy) is 1. The van der Waals surface area contributed by atoms with Crippen LogP contribution in [-0.2, 0) is 6.54 Å². The molecule has 10 heteroatoms. The molecule has 0 radical (unpaired) electrons. The number of aromatic nitrogens is 2. The van der Waals surface area contributed by atoms with E-state index >= 15 is 0 Å². The van der Waals surface area contributed by atoms with E-state index in [0.717, 1.165) is 38.0 Å². The van der Waals surface area contributed by atoms with Crippen molar-refractivity contribution in [1.82, 2.24) is 25.1 Å². The number of benzene rings is 2. The molecule has 2 aliphatic rings. The minimum Gasteiger partial charge on any atom is -0.497 e. The summed E-state index contributed by atoms with van der Waals surface area (Å²) in [5, 5.41) is 12.0. The molecule has 2 amide bonds. The number of nitriles is 1. The monoisotopic (exact) mass is 566 g/mol. The summed E-state index contributed by atoms with van der Waals surface area (Å²) in [4.78, 5) is 51.2. The normalized spacial score (nSPS) is 16.4. The lowest BCUT2D eigenvalue weighted by atomic mass is 9.89. The van der Waals surface area contributed by atoms with Gasteiger partial charge in [-0.15, -0.1) is 0 Å². The van der Waals surface area contributed by atoms with Gasteiger partial charge in [-0.2, -0.15) is 5.26 Å². The molecule has 0 aliphatic carbocycles. The molecule has 216 valence electrons. The predicted molar refractivity (Wildman–Crippen MR) is 155 cm³/mol. The van der Waals surface area contributed by atoms with Gasteiger partial charge in [0.25, 0.3) is 11.8 Å². The van der Waals surface area contributed by atoms with E-state index in [2.05, 4.69) is 26.3 Å². The number of nitrogens with zero attached hydrogens (tertiary/aromatic N) is 5. The summed E-state index contributed by atoms with van der Waals surface area (Å²) in [6, 6.07) is 16.9. The van der Waals surface area contributed by atoms with E-state index in [1.54, 1.807) is 36.3 Å². The van der Waals surface area contributed by atoms with E-state index in [-0.39, 0.29) is 40.9 Å². The Morgan fingerprint density at radius 2 is 1.55 bits per heavy atom. The lowest BCUT2D eigenvalue weighted by Gasteiger charge is -2.32. The first-order valence-electron chi connectivity index (χ1n) is 14.3. The first-order chi connectivity index (χ1) is 20.4. The highest BCUT2D eigenvalue weighted by Crippen LogP contribution is 2.24. The molecule has 0 saturated carbocycles. The first-order valence-corrected chi connectivity index (χ1v) is 14.3. The van der Waals surface area contributed by atoms with E-state index in [1.165, 1.54) is 12.4 Å². The summed E-state index contributed by atoms with van der Waals surface area (Å²) in [5.74, 6) is 0.0953. The van der Waals surface area contributed by atoms with Crippen LogP contribution >= 0.6 is 0 Å². The van der Waals surface area contributed by atoms with Crippen molar-refractivity contribution in [3.05, 3.63) is 89.0 Å². The minimum absolute atomic E-state index is 0.0414. The van der Waals surface area contributed by atoms with Crippen LogP contribution in [0.4, 0.5) is 0 Å². The van der Waals surface area contributed by atoms with Crippen molar-refractivity contribution in [2.24, 2.45) is 5.92 Å². The van der Waals surface area contributed by atoms with E-state index < -0.39 is 0 Å². The van der Waals surface area contributed by atoms with Crippen LogP contribution in [0.15, 0.2) is 60.9 Å². The van der Waals surface area contributed by atoms with Gasteiger partial charge in [-0.1, -0.05) is 12.1 Å². The summed E-state index contributed by atoms with van der Waals surface area (Å²) in [6.45, 7) is 3.43. The average molecular weight is 567 g/mol. The highest BCUT2D eigenvalue weighted by molar-refractivity contribution is 5.98. The smallest absolute Gasteiger partial charge is 0.274 e. The number of ketones is 1. The van der Waals surface area contributed by atoms with Gasteiger partial charge in [0.2, 0.25) is 0 Å². The lowest BCUT2D eigenvalue weighted by Crippen LogP contribution is -2.44. The number of piperidine rings is 2. The number of likely N-dealkylation sites (tertiary alicyclic amines) is 2. The van der Waals surface area contributed by atoms with E-state index in [4.69, 9.17) is 10.00 Å². The number of rotatable bonds is 8. The number of carbonyl (C=O) groups excluding carboxylic acids is 3. The van der Waals surface area contributed by atoms with Crippen molar-refractivity contribution in [2.75, 3.05) is 33.3 Å². The van der Waals surface area contributed by atoms with Crippen molar-refractivity contribution < 1.29 is 19.1 Å². The Bertz CT molecular complexity index is 1430. The van der Waals surface area contributed by atoms with Gasteiger partial charge in [0.1, 0.15) is 17.1 Å². The molecule has 3 aromatic rings. The SMILES string of the molecule is COc1ccc(C(=O)C2CCN(C(=O)c3cnc(C(=O)NC4CCN(Cc5ccc(C#N)cc5)CC4)cn3)CC2)cc1. The summed E-state index contributed by atoms with van der Waals surface area (Å²) in [5.41, 5.74) is 2.82. The van der Waals surface area contributed by atoms with Crippen LogP contribution in [0.1, 0.15) is 68.1 Å². The Balaban J connectivity index is 1.06. The number of nitrogens with one attached hydrogen (secondary N) is 1. The molecule has 0 atom stereocenters. The van der Waals surface area contributed by atoms with E-state index in [9.17, 15) is 14.4 Å². The second-order valence-electron chi connectivity index (χ2n) is 10.8. The number of amides is 2. The third kappa shape index (κ3) is 6.98. The number of Topliss-reactive ketones (excluding diaryl/α,β-unsaturated/α-hetero) is 1. The molecule has 10 nitrogen and oxygen atoms in total. The number of hydrogen-bond acceptors (Lipinski definition) is 8. The van der Waals surface area contributed by atoms with Crippen LogP contribution in [0.3, 0.4) is 0 Å². The maximum Gasteiger partial charge on any atom is 0.274 e. The molecular formula is C32H34N6O4. The molecule has 42 heavy (non-hydrogen) atoms. The molecular weight excluding hydrogens is 532 g/mol.